The molecule has 3 nitrogen and oxygen atoms in total. The molecule has 1 fully saturated rings. The summed E-state index contributed by atoms with van der Waals surface area (Å²) in [6.07, 6.45) is 4.10. The Hall–Kier alpha value is -1.36. The van der Waals surface area contributed by atoms with Crippen LogP contribution in [0.1, 0.15) is 36.6 Å². The molecule has 1 unspecified atom stereocenters. The summed E-state index contributed by atoms with van der Waals surface area (Å²) in [5.74, 6) is -0.292. The molecule has 2 rings (SSSR count). The van der Waals surface area contributed by atoms with Gasteiger partial charge in [-0.25, -0.2) is 0 Å². The molecule has 1 aliphatic rings. The molecule has 1 aliphatic heterocycles. The Labute approximate surface area is 127 Å². The molecular formula is C15H18ClF2NO2. The van der Waals surface area contributed by atoms with Crippen LogP contribution >= 0.6 is 11.6 Å². The number of rotatable bonds is 4. The standard InChI is InChI=1S/C15H18ClF2NO2/c16-13(14(20)19-9-5-1-2-6-10-19)11-7-3-4-8-12(11)21-15(17)18/h3-4,7-8,13,15H,1-2,5-6,9-10H2. The SMILES string of the molecule is O=C(C(Cl)c1ccccc1OC(F)F)N1CCCCCC1. The number of benzene rings is 1. The van der Waals surface area contributed by atoms with Crippen LogP contribution in [-0.2, 0) is 4.79 Å². The molecule has 116 valence electrons. The van der Waals surface area contributed by atoms with Crippen LogP contribution in [-0.4, -0.2) is 30.5 Å². The van der Waals surface area contributed by atoms with Crippen molar-refractivity contribution in [2.24, 2.45) is 0 Å². The number of carbonyl (C=O) groups excluding carboxylic acids is 1. The summed E-state index contributed by atoms with van der Waals surface area (Å²) in [5, 5.41) is -1.00. The van der Waals surface area contributed by atoms with E-state index in [0.29, 0.717) is 13.1 Å². The third kappa shape index (κ3) is 4.30. The van der Waals surface area contributed by atoms with Gasteiger partial charge in [0.25, 0.3) is 0 Å². The van der Waals surface area contributed by atoms with Crippen LogP contribution in [0, 0.1) is 0 Å². The van der Waals surface area contributed by atoms with Gasteiger partial charge in [-0.3, -0.25) is 4.79 Å². The van der Waals surface area contributed by atoms with Gasteiger partial charge in [-0.1, -0.05) is 31.0 Å². The van der Waals surface area contributed by atoms with Crippen molar-refractivity contribution in [3.8, 4) is 5.75 Å². The minimum absolute atomic E-state index is 0.0457. The number of carbonyl (C=O) groups is 1. The second-order valence-electron chi connectivity index (χ2n) is 5.02. The van der Waals surface area contributed by atoms with Gasteiger partial charge < -0.3 is 9.64 Å². The molecule has 0 aromatic heterocycles. The van der Waals surface area contributed by atoms with Crippen molar-refractivity contribution in [1.29, 1.82) is 0 Å². The van der Waals surface area contributed by atoms with Gasteiger partial charge in [-0.15, -0.1) is 11.6 Å². The van der Waals surface area contributed by atoms with Gasteiger partial charge in [-0.05, 0) is 18.9 Å². The smallest absolute Gasteiger partial charge is 0.387 e. The van der Waals surface area contributed by atoms with Gasteiger partial charge in [0.1, 0.15) is 11.1 Å². The van der Waals surface area contributed by atoms with Crippen molar-refractivity contribution in [3.05, 3.63) is 29.8 Å². The van der Waals surface area contributed by atoms with E-state index in [0.717, 1.165) is 25.7 Å². The predicted molar refractivity (Wildman–Crippen MR) is 76.7 cm³/mol. The zero-order chi connectivity index (χ0) is 15.2. The Bertz CT molecular complexity index is 476. The number of ether oxygens (including phenoxy) is 1. The molecule has 0 spiro atoms. The molecule has 0 aliphatic carbocycles. The van der Waals surface area contributed by atoms with Crippen LogP contribution in [0.5, 0.6) is 5.75 Å². The molecule has 1 aromatic rings. The molecular weight excluding hydrogens is 300 g/mol. The largest absolute Gasteiger partial charge is 0.434 e. The second-order valence-corrected chi connectivity index (χ2v) is 5.45. The lowest BCUT2D eigenvalue weighted by Gasteiger charge is -2.24. The number of nitrogens with zero attached hydrogens (tertiary/aromatic N) is 1. The molecule has 21 heavy (non-hydrogen) atoms. The summed E-state index contributed by atoms with van der Waals surface area (Å²) < 4.78 is 29.3. The number of para-hydroxylation sites is 1. The van der Waals surface area contributed by atoms with Gasteiger partial charge in [0, 0.05) is 18.7 Å². The minimum atomic E-state index is -2.94. The highest BCUT2D eigenvalue weighted by molar-refractivity contribution is 6.31. The summed E-state index contributed by atoms with van der Waals surface area (Å²) in [4.78, 5) is 14.2. The summed E-state index contributed by atoms with van der Waals surface area (Å²) in [6.45, 7) is -1.61. The van der Waals surface area contributed by atoms with Crippen LogP contribution in [0.4, 0.5) is 8.78 Å². The maximum Gasteiger partial charge on any atom is 0.387 e. The molecule has 1 heterocycles. The van der Waals surface area contributed by atoms with Crippen LogP contribution in [0.25, 0.3) is 0 Å². The lowest BCUT2D eigenvalue weighted by molar-refractivity contribution is -0.131. The maximum atomic E-state index is 12.4. The Balaban J connectivity index is 2.14. The van der Waals surface area contributed by atoms with E-state index in [4.69, 9.17) is 11.6 Å². The maximum absolute atomic E-state index is 12.4. The van der Waals surface area contributed by atoms with Crippen molar-refractivity contribution in [2.45, 2.75) is 37.7 Å². The third-order valence-corrected chi connectivity index (χ3v) is 3.96. The second kappa shape index (κ2) is 7.59. The predicted octanol–water partition coefficient (Wildman–Crippen LogP) is 3.97. The number of amides is 1. The van der Waals surface area contributed by atoms with E-state index in [-0.39, 0.29) is 17.2 Å². The topological polar surface area (TPSA) is 29.5 Å². The van der Waals surface area contributed by atoms with Gasteiger partial charge >= 0.3 is 6.61 Å². The molecule has 1 aromatic carbocycles. The minimum Gasteiger partial charge on any atom is -0.434 e. The summed E-state index contributed by atoms with van der Waals surface area (Å²) in [5.41, 5.74) is 0.286. The summed E-state index contributed by atoms with van der Waals surface area (Å²) in [7, 11) is 0. The van der Waals surface area contributed by atoms with Gasteiger partial charge in [-0.2, -0.15) is 8.78 Å². The van der Waals surface area contributed by atoms with Crippen molar-refractivity contribution in [1.82, 2.24) is 4.90 Å². The monoisotopic (exact) mass is 317 g/mol. The molecule has 0 radical (unpaired) electrons. The fourth-order valence-corrected chi connectivity index (χ4v) is 2.80. The first kappa shape index (κ1) is 16.0. The summed E-state index contributed by atoms with van der Waals surface area (Å²) in [6, 6.07) is 6.16. The lowest BCUT2D eigenvalue weighted by Crippen LogP contribution is -2.34. The highest BCUT2D eigenvalue weighted by atomic mass is 35.5. The first-order valence-electron chi connectivity index (χ1n) is 7.06. The number of alkyl halides is 3. The number of hydrogen-bond donors (Lipinski definition) is 0. The highest BCUT2D eigenvalue weighted by Gasteiger charge is 2.27. The van der Waals surface area contributed by atoms with Crippen molar-refractivity contribution < 1.29 is 18.3 Å². The van der Waals surface area contributed by atoms with E-state index in [9.17, 15) is 13.6 Å². The lowest BCUT2D eigenvalue weighted by atomic mass is 10.1. The number of halogens is 3. The number of hydrogen-bond acceptors (Lipinski definition) is 2. The average Bonchev–Trinajstić information content (AvgIpc) is 2.75. The quantitative estimate of drug-likeness (QED) is 0.786. The molecule has 1 atom stereocenters. The average molecular weight is 318 g/mol. The molecule has 1 saturated heterocycles. The van der Waals surface area contributed by atoms with Crippen molar-refractivity contribution >= 4 is 17.5 Å². The highest BCUT2D eigenvalue weighted by Crippen LogP contribution is 2.32. The van der Waals surface area contributed by atoms with E-state index in [1.807, 2.05) is 0 Å². The molecule has 0 N–H and O–H groups in total. The Kier molecular flexibility index (Phi) is 5.79. The fourth-order valence-electron chi connectivity index (χ4n) is 2.48. The number of likely N-dealkylation sites (tertiary alicyclic amines) is 1. The van der Waals surface area contributed by atoms with E-state index in [1.165, 1.54) is 6.07 Å². The molecule has 0 bridgehead atoms. The van der Waals surface area contributed by atoms with Crippen LogP contribution in [0.2, 0.25) is 0 Å². The van der Waals surface area contributed by atoms with Gasteiger partial charge in [0.05, 0.1) is 0 Å². The normalized spacial score (nSPS) is 17.4. The zero-order valence-electron chi connectivity index (χ0n) is 11.6. The zero-order valence-corrected chi connectivity index (χ0v) is 12.4. The molecule has 1 amide bonds. The Morgan fingerprint density at radius 2 is 1.76 bits per heavy atom. The van der Waals surface area contributed by atoms with Crippen LogP contribution < -0.4 is 4.74 Å². The Morgan fingerprint density at radius 3 is 2.38 bits per heavy atom. The van der Waals surface area contributed by atoms with E-state index < -0.39 is 12.0 Å². The molecule has 0 saturated carbocycles. The fraction of sp³-hybridized carbons (Fsp3) is 0.533. The van der Waals surface area contributed by atoms with Crippen LogP contribution in [0.15, 0.2) is 24.3 Å². The Morgan fingerprint density at radius 1 is 1.14 bits per heavy atom. The molecule has 6 heteroatoms. The van der Waals surface area contributed by atoms with Gasteiger partial charge in [0.15, 0.2) is 0 Å². The van der Waals surface area contributed by atoms with Crippen LogP contribution in [0.3, 0.4) is 0 Å². The summed E-state index contributed by atoms with van der Waals surface area (Å²) >= 11 is 6.22. The van der Waals surface area contributed by atoms with Crippen molar-refractivity contribution in [3.63, 3.8) is 0 Å². The van der Waals surface area contributed by atoms with E-state index >= 15 is 0 Å². The van der Waals surface area contributed by atoms with Gasteiger partial charge in [0.2, 0.25) is 5.91 Å². The van der Waals surface area contributed by atoms with E-state index in [2.05, 4.69) is 4.74 Å². The third-order valence-electron chi connectivity index (χ3n) is 3.54. The van der Waals surface area contributed by atoms with Crippen molar-refractivity contribution in [2.75, 3.05) is 13.1 Å². The first-order chi connectivity index (χ1) is 10.1. The first-order valence-corrected chi connectivity index (χ1v) is 7.50. The van der Waals surface area contributed by atoms with E-state index in [1.54, 1.807) is 23.1 Å².